The van der Waals surface area contributed by atoms with Crippen molar-refractivity contribution in [2.75, 3.05) is 11.9 Å². The summed E-state index contributed by atoms with van der Waals surface area (Å²) in [4.78, 5) is 15.2. The smallest absolute Gasteiger partial charge is 0.361 e. The van der Waals surface area contributed by atoms with E-state index in [0.717, 1.165) is 0 Å². The van der Waals surface area contributed by atoms with Crippen LogP contribution in [-0.4, -0.2) is 32.7 Å². The summed E-state index contributed by atoms with van der Waals surface area (Å²) in [6.45, 7) is 2.33. The second-order valence-electron chi connectivity index (χ2n) is 3.88. The molecule has 1 N–H and O–H groups in total. The predicted molar refractivity (Wildman–Crippen MR) is 73.1 cm³/mol. The second kappa shape index (κ2) is 7.72. The standard InChI is InChI=1S/C7H8F3N3.C5H5ClN2/c1-5-11-3-2-6(13-5)12-4-7(8,9)10;1-4-7-3-2-5(6)8-4/h2-3H,4H2,1H3,(H,11,12,13);2-3H,1H3. The number of alkyl halides is 3. The van der Waals surface area contributed by atoms with Crippen molar-refractivity contribution < 1.29 is 13.2 Å². The molecular formula is C12H13ClF3N5. The molecule has 0 aliphatic carbocycles. The van der Waals surface area contributed by atoms with Crippen molar-refractivity contribution in [2.45, 2.75) is 20.0 Å². The summed E-state index contributed by atoms with van der Waals surface area (Å²) >= 11 is 5.49. The lowest BCUT2D eigenvalue weighted by molar-refractivity contribution is -0.115. The highest BCUT2D eigenvalue weighted by molar-refractivity contribution is 6.29. The number of nitrogens with zero attached hydrogens (tertiary/aromatic N) is 4. The van der Waals surface area contributed by atoms with E-state index >= 15 is 0 Å². The van der Waals surface area contributed by atoms with Gasteiger partial charge in [0.1, 0.15) is 29.2 Å². The van der Waals surface area contributed by atoms with Gasteiger partial charge in [0.15, 0.2) is 0 Å². The summed E-state index contributed by atoms with van der Waals surface area (Å²) in [5, 5.41) is 2.65. The first-order valence-corrected chi connectivity index (χ1v) is 6.19. The molecule has 0 saturated carbocycles. The van der Waals surface area contributed by atoms with Crippen LogP contribution in [-0.2, 0) is 0 Å². The quantitative estimate of drug-likeness (QED) is 0.861. The van der Waals surface area contributed by atoms with Crippen molar-refractivity contribution in [3.63, 3.8) is 0 Å². The van der Waals surface area contributed by atoms with E-state index in [4.69, 9.17) is 11.6 Å². The average molecular weight is 320 g/mol. The third kappa shape index (κ3) is 8.03. The summed E-state index contributed by atoms with van der Waals surface area (Å²) in [6.07, 6.45) is -1.19. The van der Waals surface area contributed by atoms with Crippen molar-refractivity contribution >= 4 is 17.4 Å². The normalized spacial score (nSPS) is 10.6. The molecule has 2 aromatic rings. The Morgan fingerprint density at radius 1 is 1.05 bits per heavy atom. The molecule has 0 radical (unpaired) electrons. The number of nitrogens with one attached hydrogen (secondary N) is 1. The fourth-order valence-corrected chi connectivity index (χ4v) is 1.35. The Hall–Kier alpha value is -1.96. The Morgan fingerprint density at radius 2 is 1.62 bits per heavy atom. The van der Waals surface area contributed by atoms with Crippen LogP contribution in [0, 0.1) is 13.8 Å². The Bertz CT molecular complexity index is 560. The maximum absolute atomic E-state index is 11.7. The molecule has 0 amide bonds. The van der Waals surface area contributed by atoms with Gasteiger partial charge in [0.25, 0.3) is 0 Å². The van der Waals surface area contributed by atoms with Crippen LogP contribution < -0.4 is 5.32 Å². The molecule has 0 unspecified atom stereocenters. The van der Waals surface area contributed by atoms with Crippen LogP contribution in [0.1, 0.15) is 11.6 Å². The van der Waals surface area contributed by atoms with E-state index in [0.29, 0.717) is 16.8 Å². The predicted octanol–water partition coefficient (Wildman–Crippen LogP) is 3.20. The molecule has 0 fully saturated rings. The van der Waals surface area contributed by atoms with Gasteiger partial charge < -0.3 is 5.32 Å². The minimum absolute atomic E-state index is 0.185. The molecular weight excluding hydrogens is 307 g/mol. The Morgan fingerprint density at radius 3 is 2.05 bits per heavy atom. The monoisotopic (exact) mass is 319 g/mol. The molecule has 2 heterocycles. The van der Waals surface area contributed by atoms with Crippen molar-refractivity contribution in [3.8, 4) is 0 Å². The van der Waals surface area contributed by atoms with Crippen molar-refractivity contribution in [3.05, 3.63) is 41.3 Å². The molecule has 0 aliphatic rings. The lowest BCUT2D eigenvalue weighted by Gasteiger charge is -2.08. The Kier molecular flexibility index (Phi) is 6.29. The molecule has 0 spiro atoms. The molecule has 0 aromatic carbocycles. The zero-order chi connectivity index (χ0) is 15.9. The lowest BCUT2D eigenvalue weighted by atomic mass is 10.5. The van der Waals surface area contributed by atoms with Crippen LogP contribution in [0.4, 0.5) is 19.0 Å². The van der Waals surface area contributed by atoms with Gasteiger partial charge in [-0.3, -0.25) is 0 Å². The van der Waals surface area contributed by atoms with Crippen LogP contribution >= 0.6 is 11.6 Å². The highest BCUT2D eigenvalue weighted by Gasteiger charge is 2.26. The van der Waals surface area contributed by atoms with Gasteiger partial charge in [-0.2, -0.15) is 13.2 Å². The summed E-state index contributed by atoms with van der Waals surface area (Å²) in [7, 11) is 0. The lowest BCUT2D eigenvalue weighted by Crippen LogP contribution is -2.21. The van der Waals surface area contributed by atoms with Crippen molar-refractivity contribution in [1.29, 1.82) is 0 Å². The van der Waals surface area contributed by atoms with Gasteiger partial charge in [-0.15, -0.1) is 0 Å². The number of aromatic nitrogens is 4. The van der Waals surface area contributed by atoms with Crippen LogP contribution in [0.15, 0.2) is 24.5 Å². The molecule has 114 valence electrons. The highest BCUT2D eigenvalue weighted by Crippen LogP contribution is 2.14. The van der Waals surface area contributed by atoms with Gasteiger partial charge in [-0.05, 0) is 26.0 Å². The number of halogens is 4. The van der Waals surface area contributed by atoms with Gasteiger partial charge in [-0.1, -0.05) is 11.6 Å². The summed E-state index contributed by atoms with van der Waals surface area (Å²) in [5.41, 5.74) is 0. The highest BCUT2D eigenvalue weighted by atomic mass is 35.5. The van der Waals surface area contributed by atoms with E-state index in [1.54, 1.807) is 26.1 Å². The fraction of sp³-hybridized carbons (Fsp3) is 0.333. The first-order valence-electron chi connectivity index (χ1n) is 5.82. The van der Waals surface area contributed by atoms with Gasteiger partial charge in [0, 0.05) is 12.4 Å². The minimum atomic E-state index is -4.22. The maximum Gasteiger partial charge on any atom is 0.405 e. The molecule has 0 aliphatic heterocycles. The first-order chi connectivity index (χ1) is 9.76. The van der Waals surface area contributed by atoms with Crippen LogP contribution in [0.5, 0.6) is 0 Å². The number of anilines is 1. The van der Waals surface area contributed by atoms with Crippen LogP contribution in [0.2, 0.25) is 5.15 Å². The molecule has 0 saturated heterocycles. The van der Waals surface area contributed by atoms with Crippen molar-refractivity contribution in [1.82, 2.24) is 19.9 Å². The van der Waals surface area contributed by atoms with Gasteiger partial charge in [0.05, 0.1) is 0 Å². The van der Waals surface area contributed by atoms with Crippen LogP contribution in [0.25, 0.3) is 0 Å². The van der Waals surface area contributed by atoms with Gasteiger partial charge in [-0.25, -0.2) is 19.9 Å². The van der Waals surface area contributed by atoms with Crippen LogP contribution in [0.3, 0.4) is 0 Å². The van der Waals surface area contributed by atoms with Gasteiger partial charge >= 0.3 is 6.18 Å². The number of aryl methyl sites for hydroxylation is 2. The second-order valence-corrected chi connectivity index (χ2v) is 4.27. The largest absolute Gasteiger partial charge is 0.405 e. The molecule has 0 bridgehead atoms. The van der Waals surface area contributed by atoms with E-state index < -0.39 is 12.7 Å². The number of rotatable bonds is 2. The molecule has 21 heavy (non-hydrogen) atoms. The summed E-state index contributed by atoms with van der Waals surface area (Å²) in [5.74, 6) is 1.33. The number of hydrogen-bond donors (Lipinski definition) is 1. The van der Waals surface area contributed by atoms with E-state index in [1.807, 2.05) is 0 Å². The SMILES string of the molecule is Cc1nccc(Cl)n1.Cc1nccc(NCC(F)(F)F)n1. The Labute approximate surface area is 124 Å². The molecule has 2 rings (SSSR count). The third-order valence-electron chi connectivity index (χ3n) is 1.99. The third-order valence-corrected chi connectivity index (χ3v) is 2.20. The summed E-state index contributed by atoms with van der Waals surface area (Å²) in [6, 6.07) is 3.04. The molecule has 9 heteroatoms. The first kappa shape index (κ1) is 17.1. The molecule has 0 atom stereocenters. The van der Waals surface area contributed by atoms with Gasteiger partial charge in [0.2, 0.25) is 0 Å². The van der Waals surface area contributed by atoms with E-state index in [9.17, 15) is 13.2 Å². The molecule has 2 aromatic heterocycles. The summed E-state index contributed by atoms with van der Waals surface area (Å²) < 4.78 is 35.2. The van der Waals surface area contributed by atoms with Crippen molar-refractivity contribution in [2.24, 2.45) is 0 Å². The minimum Gasteiger partial charge on any atom is -0.361 e. The Balaban J connectivity index is 0.000000235. The zero-order valence-corrected chi connectivity index (χ0v) is 12.1. The maximum atomic E-state index is 11.7. The fourth-order valence-electron chi connectivity index (χ4n) is 1.17. The zero-order valence-electron chi connectivity index (χ0n) is 11.3. The molecule has 5 nitrogen and oxygen atoms in total. The topological polar surface area (TPSA) is 63.6 Å². The van der Waals surface area contributed by atoms with E-state index in [-0.39, 0.29) is 5.82 Å². The number of hydrogen-bond acceptors (Lipinski definition) is 5. The van der Waals surface area contributed by atoms with E-state index in [1.165, 1.54) is 12.3 Å². The average Bonchev–Trinajstić information content (AvgIpc) is 2.36. The van der Waals surface area contributed by atoms with E-state index in [2.05, 4.69) is 25.3 Å².